The number of nitrogens with two attached hydrogens (primary N) is 1. The Labute approximate surface area is 117 Å². The standard InChI is InChI=1S/C11H10BrN3O2S/c12-8-3-7(5-14-6-8)4-9-10(16)15(2-1-13)11(17)18-9/h3-6H,1-2,13H2/b9-4+. The Kier molecular flexibility index (Phi) is 4.15. The average Bonchev–Trinajstić information content (AvgIpc) is 2.57. The highest BCUT2D eigenvalue weighted by molar-refractivity contribution is 9.10. The molecule has 0 radical (unpaired) electrons. The first-order valence-corrected chi connectivity index (χ1v) is 6.79. The molecule has 1 aromatic heterocycles. The van der Waals surface area contributed by atoms with Crippen LogP contribution in [0, 0.1) is 0 Å². The van der Waals surface area contributed by atoms with E-state index in [1.165, 1.54) is 0 Å². The Morgan fingerprint density at radius 2 is 2.22 bits per heavy atom. The molecule has 0 aliphatic carbocycles. The highest BCUT2D eigenvalue weighted by Crippen LogP contribution is 2.31. The topological polar surface area (TPSA) is 76.3 Å². The van der Waals surface area contributed by atoms with E-state index in [2.05, 4.69) is 20.9 Å². The number of rotatable bonds is 3. The maximum absolute atomic E-state index is 11.9. The summed E-state index contributed by atoms with van der Waals surface area (Å²) in [6.07, 6.45) is 4.93. The van der Waals surface area contributed by atoms with Crippen LogP contribution >= 0.6 is 27.7 Å². The molecule has 0 aromatic carbocycles. The van der Waals surface area contributed by atoms with Gasteiger partial charge < -0.3 is 5.73 Å². The maximum Gasteiger partial charge on any atom is 0.293 e. The molecule has 0 atom stereocenters. The smallest absolute Gasteiger partial charge is 0.293 e. The van der Waals surface area contributed by atoms with Crippen molar-refractivity contribution in [3.05, 3.63) is 33.4 Å². The molecule has 2 N–H and O–H groups in total. The van der Waals surface area contributed by atoms with Crippen molar-refractivity contribution < 1.29 is 9.59 Å². The van der Waals surface area contributed by atoms with Gasteiger partial charge in [-0.15, -0.1) is 0 Å². The zero-order valence-corrected chi connectivity index (χ0v) is 11.7. The van der Waals surface area contributed by atoms with Crippen LogP contribution in [-0.4, -0.2) is 34.1 Å². The molecule has 0 unspecified atom stereocenters. The summed E-state index contributed by atoms with van der Waals surface area (Å²) in [4.78, 5) is 29.1. The Bertz CT molecular complexity index is 533. The van der Waals surface area contributed by atoms with Gasteiger partial charge in [0.15, 0.2) is 0 Å². The summed E-state index contributed by atoms with van der Waals surface area (Å²) in [7, 11) is 0. The van der Waals surface area contributed by atoms with E-state index in [1.807, 2.05) is 6.07 Å². The van der Waals surface area contributed by atoms with Crippen molar-refractivity contribution in [1.82, 2.24) is 9.88 Å². The summed E-state index contributed by atoms with van der Waals surface area (Å²) in [5.41, 5.74) is 6.13. The van der Waals surface area contributed by atoms with Crippen molar-refractivity contribution >= 4 is 44.9 Å². The molecular formula is C11H10BrN3O2S. The van der Waals surface area contributed by atoms with Gasteiger partial charge in [-0.25, -0.2) is 0 Å². The van der Waals surface area contributed by atoms with Crippen LogP contribution in [0.3, 0.4) is 0 Å². The van der Waals surface area contributed by atoms with Gasteiger partial charge in [-0.3, -0.25) is 19.5 Å². The second-order valence-electron chi connectivity index (χ2n) is 3.56. The first-order chi connectivity index (χ1) is 8.61. The van der Waals surface area contributed by atoms with E-state index in [4.69, 9.17) is 5.73 Å². The number of pyridine rings is 1. The highest BCUT2D eigenvalue weighted by Gasteiger charge is 2.34. The Morgan fingerprint density at radius 3 is 2.89 bits per heavy atom. The lowest BCUT2D eigenvalue weighted by molar-refractivity contribution is -0.122. The summed E-state index contributed by atoms with van der Waals surface area (Å²) in [6, 6.07) is 1.82. The largest absolute Gasteiger partial charge is 0.329 e. The summed E-state index contributed by atoms with van der Waals surface area (Å²) in [6.45, 7) is 0.516. The zero-order chi connectivity index (χ0) is 13.1. The van der Waals surface area contributed by atoms with Crippen LogP contribution in [0.25, 0.3) is 6.08 Å². The molecule has 2 heterocycles. The van der Waals surface area contributed by atoms with E-state index in [0.717, 1.165) is 26.7 Å². The van der Waals surface area contributed by atoms with Gasteiger partial charge in [-0.05, 0) is 45.4 Å². The fourth-order valence-corrected chi connectivity index (χ4v) is 2.73. The van der Waals surface area contributed by atoms with Gasteiger partial charge in [-0.1, -0.05) is 0 Å². The summed E-state index contributed by atoms with van der Waals surface area (Å²) in [5.74, 6) is -0.296. The molecule has 94 valence electrons. The van der Waals surface area contributed by atoms with Crippen LogP contribution in [0.5, 0.6) is 0 Å². The van der Waals surface area contributed by atoms with Crippen molar-refractivity contribution in [3.63, 3.8) is 0 Å². The fraction of sp³-hybridized carbons (Fsp3) is 0.182. The van der Waals surface area contributed by atoms with Gasteiger partial charge in [0.1, 0.15) is 0 Å². The molecule has 0 spiro atoms. The van der Waals surface area contributed by atoms with E-state index >= 15 is 0 Å². The summed E-state index contributed by atoms with van der Waals surface area (Å²) < 4.78 is 0.817. The Balaban J connectivity index is 2.25. The molecule has 1 aliphatic heterocycles. The minimum absolute atomic E-state index is 0.249. The Morgan fingerprint density at radius 1 is 1.44 bits per heavy atom. The number of halogens is 1. The number of hydrogen-bond donors (Lipinski definition) is 1. The Hall–Kier alpha value is -1.18. The SMILES string of the molecule is NCCN1C(=O)S/C(=C/c2cncc(Br)c2)C1=O. The van der Waals surface area contributed by atoms with E-state index in [9.17, 15) is 9.59 Å². The van der Waals surface area contributed by atoms with Crippen LogP contribution in [0.4, 0.5) is 4.79 Å². The third-order valence-corrected chi connectivity index (χ3v) is 3.59. The minimum Gasteiger partial charge on any atom is -0.329 e. The number of thioether (sulfide) groups is 1. The van der Waals surface area contributed by atoms with Crippen molar-refractivity contribution in [2.45, 2.75) is 0 Å². The lowest BCUT2D eigenvalue weighted by atomic mass is 10.2. The van der Waals surface area contributed by atoms with Crippen LogP contribution in [0.2, 0.25) is 0 Å². The van der Waals surface area contributed by atoms with E-state index in [1.54, 1.807) is 18.5 Å². The normalized spacial score (nSPS) is 17.9. The number of nitrogens with zero attached hydrogens (tertiary/aromatic N) is 2. The lowest BCUT2D eigenvalue weighted by Gasteiger charge is -2.09. The van der Waals surface area contributed by atoms with Crippen LogP contribution < -0.4 is 5.73 Å². The molecule has 1 aliphatic rings. The molecule has 1 saturated heterocycles. The second-order valence-corrected chi connectivity index (χ2v) is 5.47. The third kappa shape index (κ3) is 2.80. The molecule has 2 rings (SSSR count). The first-order valence-electron chi connectivity index (χ1n) is 5.18. The number of aromatic nitrogens is 1. The molecule has 18 heavy (non-hydrogen) atoms. The minimum atomic E-state index is -0.296. The van der Waals surface area contributed by atoms with Gasteiger partial charge in [0.25, 0.3) is 11.1 Å². The molecule has 1 fully saturated rings. The highest BCUT2D eigenvalue weighted by atomic mass is 79.9. The molecule has 7 heteroatoms. The van der Waals surface area contributed by atoms with Crippen molar-refractivity contribution in [3.8, 4) is 0 Å². The van der Waals surface area contributed by atoms with Crippen molar-refractivity contribution in [2.75, 3.05) is 13.1 Å². The molecular weight excluding hydrogens is 318 g/mol. The predicted molar refractivity (Wildman–Crippen MR) is 73.7 cm³/mol. The van der Waals surface area contributed by atoms with E-state index in [-0.39, 0.29) is 24.2 Å². The molecule has 0 bridgehead atoms. The third-order valence-electron chi connectivity index (χ3n) is 2.25. The van der Waals surface area contributed by atoms with Gasteiger partial charge >= 0.3 is 0 Å². The molecule has 1 aromatic rings. The van der Waals surface area contributed by atoms with Crippen molar-refractivity contribution in [1.29, 1.82) is 0 Å². The number of carbonyl (C=O) groups excluding carboxylic acids is 2. The van der Waals surface area contributed by atoms with Gasteiger partial charge in [0, 0.05) is 30.0 Å². The van der Waals surface area contributed by atoms with Crippen LogP contribution in [-0.2, 0) is 4.79 Å². The zero-order valence-electron chi connectivity index (χ0n) is 9.30. The quantitative estimate of drug-likeness (QED) is 0.857. The number of carbonyl (C=O) groups is 2. The monoisotopic (exact) mass is 327 g/mol. The van der Waals surface area contributed by atoms with Crippen LogP contribution in [0.15, 0.2) is 27.8 Å². The summed E-state index contributed by atoms with van der Waals surface area (Å²) in [5, 5.41) is -0.278. The lowest BCUT2D eigenvalue weighted by Crippen LogP contribution is -2.33. The number of imide groups is 1. The predicted octanol–water partition coefficient (Wildman–Crippen LogP) is 1.84. The van der Waals surface area contributed by atoms with Gasteiger partial charge in [-0.2, -0.15) is 0 Å². The summed E-state index contributed by atoms with van der Waals surface area (Å²) >= 11 is 4.22. The molecule has 2 amide bonds. The average molecular weight is 328 g/mol. The van der Waals surface area contributed by atoms with Crippen molar-refractivity contribution in [2.24, 2.45) is 5.73 Å². The maximum atomic E-state index is 11.9. The van der Waals surface area contributed by atoms with Gasteiger partial charge in [0.2, 0.25) is 0 Å². The number of hydrogen-bond acceptors (Lipinski definition) is 5. The van der Waals surface area contributed by atoms with E-state index in [0.29, 0.717) is 4.91 Å². The fourth-order valence-electron chi connectivity index (χ4n) is 1.48. The number of amides is 2. The molecule has 5 nitrogen and oxygen atoms in total. The van der Waals surface area contributed by atoms with E-state index < -0.39 is 0 Å². The first kappa shape index (κ1) is 13.3. The van der Waals surface area contributed by atoms with Gasteiger partial charge in [0.05, 0.1) is 4.91 Å². The second kappa shape index (κ2) is 5.64. The van der Waals surface area contributed by atoms with Crippen LogP contribution in [0.1, 0.15) is 5.56 Å². The molecule has 0 saturated carbocycles.